The van der Waals surface area contributed by atoms with E-state index in [2.05, 4.69) is 17.2 Å². The van der Waals surface area contributed by atoms with Crippen LogP contribution in [0.1, 0.15) is 12.5 Å². The average Bonchev–Trinajstić information content (AvgIpc) is 2.26. The number of halogens is 1. The monoisotopic (exact) mass is 223 g/mol. The molecule has 0 bridgehead atoms. The van der Waals surface area contributed by atoms with E-state index >= 15 is 0 Å². The summed E-state index contributed by atoms with van der Waals surface area (Å²) in [5.41, 5.74) is 0.972. The van der Waals surface area contributed by atoms with E-state index in [-0.39, 0.29) is 0 Å². The molecule has 1 rings (SSSR count). The highest BCUT2D eigenvalue weighted by Crippen LogP contribution is 2.25. The summed E-state index contributed by atoms with van der Waals surface area (Å²) in [7, 11) is 1.64. The molecule has 0 amide bonds. The van der Waals surface area contributed by atoms with Crippen LogP contribution < -0.4 is 10.1 Å². The molecule has 15 heavy (non-hydrogen) atoms. The van der Waals surface area contributed by atoms with Gasteiger partial charge >= 0.3 is 0 Å². The van der Waals surface area contributed by atoms with Crippen LogP contribution >= 0.6 is 11.6 Å². The van der Waals surface area contributed by atoms with Gasteiger partial charge in [-0.05, 0) is 19.1 Å². The van der Waals surface area contributed by atoms with Crippen molar-refractivity contribution in [1.82, 2.24) is 5.32 Å². The van der Waals surface area contributed by atoms with Crippen LogP contribution in [0.4, 0.5) is 0 Å². The van der Waals surface area contributed by atoms with Crippen LogP contribution in [0.5, 0.6) is 5.75 Å². The second-order valence-corrected chi connectivity index (χ2v) is 3.36. The molecule has 0 spiro atoms. The average molecular weight is 224 g/mol. The largest absolute Gasteiger partial charge is 0.496 e. The van der Waals surface area contributed by atoms with Crippen LogP contribution in [0.2, 0.25) is 5.02 Å². The fourth-order valence-corrected chi connectivity index (χ4v) is 1.47. The summed E-state index contributed by atoms with van der Waals surface area (Å²) >= 11 is 6.06. The molecule has 3 heteroatoms. The van der Waals surface area contributed by atoms with Crippen molar-refractivity contribution in [2.45, 2.75) is 13.5 Å². The molecule has 1 aromatic carbocycles. The maximum Gasteiger partial charge on any atom is 0.124 e. The summed E-state index contributed by atoms with van der Waals surface area (Å²) in [6, 6.07) is 5.62. The number of methoxy groups -OCH3 is 1. The van der Waals surface area contributed by atoms with Crippen LogP contribution in [0, 0.1) is 11.8 Å². The summed E-state index contributed by atoms with van der Waals surface area (Å²) in [4.78, 5) is 0. The molecule has 0 aliphatic carbocycles. The SMILES string of the molecule is CC#CCNCc1c(Cl)cccc1OC. The van der Waals surface area contributed by atoms with Crippen LogP contribution in [-0.2, 0) is 6.54 Å². The number of hydrogen-bond donors (Lipinski definition) is 1. The smallest absolute Gasteiger partial charge is 0.124 e. The van der Waals surface area contributed by atoms with E-state index in [4.69, 9.17) is 16.3 Å². The lowest BCUT2D eigenvalue weighted by atomic mass is 10.2. The Morgan fingerprint density at radius 2 is 2.27 bits per heavy atom. The first-order valence-corrected chi connectivity index (χ1v) is 5.09. The van der Waals surface area contributed by atoms with E-state index in [0.29, 0.717) is 18.1 Å². The third kappa shape index (κ3) is 3.47. The van der Waals surface area contributed by atoms with E-state index < -0.39 is 0 Å². The molecule has 1 N–H and O–H groups in total. The van der Waals surface area contributed by atoms with Crippen molar-refractivity contribution < 1.29 is 4.74 Å². The van der Waals surface area contributed by atoms with Crippen LogP contribution in [0.3, 0.4) is 0 Å². The molecule has 0 aromatic heterocycles. The molecular weight excluding hydrogens is 210 g/mol. The summed E-state index contributed by atoms with van der Waals surface area (Å²) in [5.74, 6) is 6.56. The van der Waals surface area contributed by atoms with Crippen LogP contribution in [0.25, 0.3) is 0 Å². The van der Waals surface area contributed by atoms with Gasteiger partial charge in [-0.2, -0.15) is 0 Å². The van der Waals surface area contributed by atoms with Gasteiger partial charge in [0.1, 0.15) is 5.75 Å². The van der Waals surface area contributed by atoms with Crippen molar-refractivity contribution in [3.63, 3.8) is 0 Å². The molecule has 0 heterocycles. The number of hydrogen-bond acceptors (Lipinski definition) is 2. The first kappa shape index (κ1) is 11.9. The molecule has 80 valence electrons. The van der Waals surface area contributed by atoms with Gasteiger partial charge < -0.3 is 10.1 Å². The van der Waals surface area contributed by atoms with Gasteiger partial charge in [-0.25, -0.2) is 0 Å². The van der Waals surface area contributed by atoms with Gasteiger partial charge in [0.15, 0.2) is 0 Å². The lowest BCUT2D eigenvalue weighted by Gasteiger charge is -2.09. The minimum atomic E-state index is 0.658. The highest BCUT2D eigenvalue weighted by atomic mass is 35.5. The number of nitrogens with one attached hydrogen (secondary N) is 1. The Balaban J connectivity index is 2.68. The van der Waals surface area contributed by atoms with Gasteiger partial charge in [0.05, 0.1) is 13.7 Å². The zero-order chi connectivity index (χ0) is 11.1. The van der Waals surface area contributed by atoms with Crippen molar-refractivity contribution in [2.75, 3.05) is 13.7 Å². The van der Waals surface area contributed by atoms with Crippen molar-refractivity contribution >= 4 is 11.6 Å². The molecule has 0 unspecified atom stereocenters. The minimum Gasteiger partial charge on any atom is -0.496 e. The third-order valence-corrected chi connectivity index (χ3v) is 2.34. The Hall–Kier alpha value is -1.17. The molecule has 2 nitrogen and oxygen atoms in total. The van der Waals surface area contributed by atoms with E-state index in [1.165, 1.54) is 0 Å². The highest BCUT2D eigenvalue weighted by molar-refractivity contribution is 6.31. The van der Waals surface area contributed by atoms with Crippen molar-refractivity contribution in [3.8, 4) is 17.6 Å². The first-order valence-electron chi connectivity index (χ1n) is 4.71. The van der Waals surface area contributed by atoms with Crippen molar-refractivity contribution in [3.05, 3.63) is 28.8 Å². The topological polar surface area (TPSA) is 21.3 Å². The van der Waals surface area contributed by atoms with E-state index in [1.54, 1.807) is 7.11 Å². The third-order valence-electron chi connectivity index (χ3n) is 1.99. The molecule has 1 aromatic rings. The molecule has 0 aliphatic heterocycles. The van der Waals surface area contributed by atoms with Gasteiger partial charge in [0.25, 0.3) is 0 Å². The molecule has 0 atom stereocenters. The Morgan fingerprint density at radius 1 is 1.47 bits per heavy atom. The Bertz CT molecular complexity index is 379. The maximum absolute atomic E-state index is 6.06. The lowest BCUT2D eigenvalue weighted by Crippen LogP contribution is -2.14. The molecule has 0 aliphatic rings. The normalized spacial score (nSPS) is 9.27. The second kappa shape index (κ2) is 6.34. The standard InChI is InChI=1S/C12H14ClNO/c1-3-4-8-14-9-10-11(13)6-5-7-12(10)15-2/h5-7,14H,8-9H2,1-2H3. The van der Waals surface area contributed by atoms with E-state index in [1.807, 2.05) is 25.1 Å². The predicted octanol–water partition coefficient (Wildman–Crippen LogP) is 2.46. The number of rotatable bonds is 4. The zero-order valence-corrected chi connectivity index (χ0v) is 9.69. The van der Waals surface area contributed by atoms with Gasteiger partial charge in [-0.15, -0.1) is 5.92 Å². The summed E-state index contributed by atoms with van der Waals surface area (Å²) in [5, 5.41) is 3.89. The summed E-state index contributed by atoms with van der Waals surface area (Å²) in [6.07, 6.45) is 0. The minimum absolute atomic E-state index is 0.658. The van der Waals surface area contributed by atoms with Crippen LogP contribution in [-0.4, -0.2) is 13.7 Å². The molecule has 0 fully saturated rings. The van der Waals surface area contributed by atoms with Crippen LogP contribution in [0.15, 0.2) is 18.2 Å². The van der Waals surface area contributed by atoms with Gasteiger partial charge in [-0.1, -0.05) is 23.6 Å². The Morgan fingerprint density at radius 3 is 2.93 bits per heavy atom. The second-order valence-electron chi connectivity index (χ2n) is 2.95. The lowest BCUT2D eigenvalue weighted by molar-refractivity contribution is 0.408. The zero-order valence-electron chi connectivity index (χ0n) is 8.93. The fraction of sp³-hybridized carbons (Fsp3) is 0.333. The Labute approximate surface area is 95.6 Å². The quantitative estimate of drug-likeness (QED) is 0.626. The number of ether oxygens (including phenoxy) is 1. The molecule has 0 saturated carbocycles. The van der Waals surface area contributed by atoms with Gasteiger partial charge in [0.2, 0.25) is 0 Å². The van der Waals surface area contributed by atoms with E-state index in [9.17, 15) is 0 Å². The fourth-order valence-electron chi connectivity index (χ4n) is 1.24. The first-order chi connectivity index (χ1) is 7.29. The van der Waals surface area contributed by atoms with Crippen molar-refractivity contribution in [2.24, 2.45) is 0 Å². The van der Waals surface area contributed by atoms with Crippen molar-refractivity contribution in [1.29, 1.82) is 0 Å². The number of benzene rings is 1. The van der Waals surface area contributed by atoms with Gasteiger partial charge in [-0.3, -0.25) is 0 Å². The Kier molecular flexibility index (Phi) is 5.03. The predicted molar refractivity (Wildman–Crippen MR) is 63.2 cm³/mol. The van der Waals surface area contributed by atoms with E-state index in [0.717, 1.165) is 11.3 Å². The molecular formula is C12H14ClNO. The maximum atomic E-state index is 6.06. The molecule has 0 radical (unpaired) electrons. The highest BCUT2D eigenvalue weighted by Gasteiger charge is 2.05. The van der Waals surface area contributed by atoms with Gasteiger partial charge in [0, 0.05) is 17.1 Å². The summed E-state index contributed by atoms with van der Waals surface area (Å²) in [6.45, 7) is 3.14. The summed E-state index contributed by atoms with van der Waals surface area (Å²) < 4.78 is 5.22. The molecule has 0 saturated heterocycles.